The molecule has 0 saturated carbocycles. The van der Waals surface area contributed by atoms with E-state index in [4.69, 9.17) is 0 Å². The molecule has 0 spiro atoms. The highest BCUT2D eigenvalue weighted by Gasteiger charge is 2.16. The maximum atomic E-state index is 13.0. The first kappa shape index (κ1) is 11.7. The summed E-state index contributed by atoms with van der Waals surface area (Å²) < 4.78 is 36.9. The van der Waals surface area contributed by atoms with E-state index < -0.39 is 15.7 Å². The maximum Gasteiger partial charge on any atom is 0.184 e. The minimum Gasteiger partial charge on any atom is -0.260 e. The van der Waals surface area contributed by atoms with Crippen molar-refractivity contribution < 1.29 is 12.8 Å². The van der Waals surface area contributed by atoms with E-state index in [-0.39, 0.29) is 10.6 Å². The van der Waals surface area contributed by atoms with Gasteiger partial charge in [0, 0.05) is 6.20 Å². The molecule has 0 amide bonds. The Balaban J connectivity index is 2.32. The molecule has 0 N–H and O–H groups in total. The van der Waals surface area contributed by atoms with Gasteiger partial charge in [0.25, 0.3) is 0 Å². The van der Waals surface area contributed by atoms with Crippen molar-refractivity contribution >= 4 is 9.84 Å². The van der Waals surface area contributed by atoms with Crippen LogP contribution in [0.5, 0.6) is 0 Å². The number of aromatic nitrogens is 1. The molecule has 0 aliphatic heterocycles. The van der Waals surface area contributed by atoms with E-state index in [0.29, 0.717) is 5.69 Å². The van der Waals surface area contributed by atoms with Gasteiger partial charge in [0.1, 0.15) is 5.82 Å². The SMILES string of the molecule is O=S(=O)(Cc1ccccn1)c1cccc(F)c1. The minimum atomic E-state index is -3.54. The second-order valence-corrected chi connectivity index (χ2v) is 5.53. The van der Waals surface area contributed by atoms with Crippen molar-refractivity contribution in [1.82, 2.24) is 4.98 Å². The summed E-state index contributed by atoms with van der Waals surface area (Å²) in [6.07, 6.45) is 1.52. The van der Waals surface area contributed by atoms with Crippen molar-refractivity contribution in [2.75, 3.05) is 0 Å². The van der Waals surface area contributed by atoms with Crippen LogP contribution in [0.25, 0.3) is 0 Å². The Hall–Kier alpha value is -1.75. The van der Waals surface area contributed by atoms with Crippen molar-refractivity contribution in [2.24, 2.45) is 0 Å². The van der Waals surface area contributed by atoms with Crippen LogP contribution in [-0.4, -0.2) is 13.4 Å². The number of rotatable bonds is 3. The van der Waals surface area contributed by atoms with Crippen LogP contribution < -0.4 is 0 Å². The normalized spacial score (nSPS) is 11.4. The van der Waals surface area contributed by atoms with Gasteiger partial charge in [-0.25, -0.2) is 12.8 Å². The molecule has 0 saturated heterocycles. The molecule has 17 heavy (non-hydrogen) atoms. The fraction of sp³-hybridized carbons (Fsp3) is 0.0833. The summed E-state index contributed by atoms with van der Waals surface area (Å²) in [6, 6.07) is 10.0. The van der Waals surface area contributed by atoms with Crippen LogP contribution in [0.2, 0.25) is 0 Å². The number of hydrogen-bond donors (Lipinski definition) is 0. The predicted octanol–water partition coefficient (Wildman–Crippen LogP) is 2.19. The van der Waals surface area contributed by atoms with Gasteiger partial charge in [-0.05, 0) is 30.3 Å². The van der Waals surface area contributed by atoms with Gasteiger partial charge >= 0.3 is 0 Å². The summed E-state index contributed by atoms with van der Waals surface area (Å²) in [4.78, 5) is 3.91. The lowest BCUT2D eigenvalue weighted by molar-refractivity contribution is 0.589. The molecule has 0 bridgehead atoms. The highest BCUT2D eigenvalue weighted by Crippen LogP contribution is 2.16. The van der Waals surface area contributed by atoms with Crippen molar-refractivity contribution in [3.05, 3.63) is 60.2 Å². The van der Waals surface area contributed by atoms with Gasteiger partial charge in [-0.3, -0.25) is 4.98 Å². The van der Waals surface area contributed by atoms with Gasteiger partial charge in [0.15, 0.2) is 9.84 Å². The zero-order valence-electron chi connectivity index (χ0n) is 8.88. The van der Waals surface area contributed by atoms with Crippen LogP contribution >= 0.6 is 0 Å². The first-order valence-corrected chi connectivity index (χ1v) is 6.61. The molecule has 1 heterocycles. The van der Waals surface area contributed by atoms with Crippen LogP contribution in [0.4, 0.5) is 4.39 Å². The van der Waals surface area contributed by atoms with Crippen molar-refractivity contribution in [3.63, 3.8) is 0 Å². The second-order valence-electron chi connectivity index (χ2n) is 3.54. The third-order valence-corrected chi connectivity index (χ3v) is 3.87. The summed E-state index contributed by atoms with van der Waals surface area (Å²) in [6.45, 7) is 0. The Morgan fingerprint density at radius 3 is 2.59 bits per heavy atom. The smallest absolute Gasteiger partial charge is 0.184 e. The third kappa shape index (κ3) is 2.88. The van der Waals surface area contributed by atoms with Crippen LogP contribution in [0.1, 0.15) is 5.69 Å². The molecule has 1 aromatic carbocycles. The molecule has 2 rings (SSSR count). The molecule has 88 valence electrons. The van der Waals surface area contributed by atoms with Gasteiger partial charge in [-0.2, -0.15) is 0 Å². The van der Waals surface area contributed by atoms with Crippen molar-refractivity contribution in [1.29, 1.82) is 0 Å². The van der Waals surface area contributed by atoms with E-state index in [1.54, 1.807) is 18.2 Å². The average molecular weight is 251 g/mol. The van der Waals surface area contributed by atoms with E-state index in [0.717, 1.165) is 6.07 Å². The molecular formula is C12H10FNO2S. The number of pyridine rings is 1. The molecule has 0 radical (unpaired) electrons. The topological polar surface area (TPSA) is 47.0 Å². The fourth-order valence-corrected chi connectivity index (χ4v) is 2.73. The van der Waals surface area contributed by atoms with Crippen LogP contribution in [0.15, 0.2) is 53.6 Å². The highest BCUT2D eigenvalue weighted by atomic mass is 32.2. The van der Waals surface area contributed by atoms with Gasteiger partial charge in [-0.15, -0.1) is 0 Å². The van der Waals surface area contributed by atoms with Gasteiger partial charge in [0.2, 0.25) is 0 Å². The average Bonchev–Trinajstić information content (AvgIpc) is 2.30. The van der Waals surface area contributed by atoms with Crippen LogP contribution in [0, 0.1) is 5.82 Å². The van der Waals surface area contributed by atoms with Crippen LogP contribution in [0.3, 0.4) is 0 Å². The van der Waals surface area contributed by atoms with Crippen LogP contribution in [-0.2, 0) is 15.6 Å². The molecule has 0 aliphatic rings. The zero-order chi connectivity index (χ0) is 12.3. The monoisotopic (exact) mass is 251 g/mol. The summed E-state index contributed by atoms with van der Waals surface area (Å²) in [7, 11) is -3.54. The number of nitrogens with zero attached hydrogens (tertiary/aromatic N) is 1. The Labute approximate surface area is 98.9 Å². The third-order valence-electron chi connectivity index (χ3n) is 2.22. The predicted molar refractivity (Wildman–Crippen MR) is 61.5 cm³/mol. The lowest BCUT2D eigenvalue weighted by Gasteiger charge is -2.03. The van der Waals surface area contributed by atoms with Gasteiger partial charge < -0.3 is 0 Å². The van der Waals surface area contributed by atoms with E-state index in [2.05, 4.69) is 4.98 Å². The summed E-state index contributed by atoms with van der Waals surface area (Å²) in [5.74, 6) is -0.788. The molecule has 3 nitrogen and oxygen atoms in total. The summed E-state index contributed by atoms with van der Waals surface area (Å²) in [5.41, 5.74) is 0.441. The first-order valence-electron chi connectivity index (χ1n) is 4.96. The van der Waals surface area contributed by atoms with Crippen molar-refractivity contribution in [3.8, 4) is 0 Å². The molecule has 2 aromatic rings. The van der Waals surface area contributed by atoms with E-state index in [1.807, 2.05) is 0 Å². The quantitative estimate of drug-likeness (QED) is 0.840. The van der Waals surface area contributed by atoms with Crippen molar-refractivity contribution in [2.45, 2.75) is 10.6 Å². The largest absolute Gasteiger partial charge is 0.260 e. The first-order chi connectivity index (χ1) is 8.08. The molecular weight excluding hydrogens is 241 g/mol. The molecule has 1 aromatic heterocycles. The fourth-order valence-electron chi connectivity index (χ4n) is 1.42. The summed E-state index contributed by atoms with van der Waals surface area (Å²) >= 11 is 0. The maximum absolute atomic E-state index is 13.0. The van der Waals surface area contributed by atoms with Gasteiger partial charge in [-0.1, -0.05) is 12.1 Å². The minimum absolute atomic E-state index is 0.0249. The molecule has 0 aliphatic carbocycles. The van der Waals surface area contributed by atoms with E-state index in [1.165, 1.54) is 24.4 Å². The van der Waals surface area contributed by atoms with Gasteiger partial charge in [0.05, 0.1) is 16.3 Å². The molecule has 0 fully saturated rings. The second kappa shape index (κ2) is 4.63. The lowest BCUT2D eigenvalue weighted by Crippen LogP contribution is -2.06. The van der Waals surface area contributed by atoms with E-state index in [9.17, 15) is 12.8 Å². The number of benzene rings is 1. The Morgan fingerprint density at radius 1 is 1.12 bits per heavy atom. The molecule has 0 atom stereocenters. The van der Waals surface area contributed by atoms with E-state index >= 15 is 0 Å². The highest BCUT2D eigenvalue weighted by molar-refractivity contribution is 7.90. The Kier molecular flexibility index (Phi) is 3.19. The Morgan fingerprint density at radius 2 is 1.94 bits per heavy atom. The standard InChI is InChI=1S/C12H10FNO2S/c13-10-4-3-6-12(8-10)17(15,16)9-11-5-1-2-7-14-11/h1-8H,9H2. The summed E-state index contributed by atoms with van der Waals surface area (Å²) in [5, 5.41) is 0. The lowest BCUT2D eigenvalue weighted by atomic mass is 10.3. The number of hydrogen-bond acceptors (Lipinski definition) is 3. The number of halogens is 1. The zero-order valence-corrected chi connectivity index (χ0v) is 9.69. The molecule has 5 heteroatoms. The molecule has 0 unspecified atom stereocenters. The number of sulfone groups is 1. The Bertz CT molecular complexity index is 611.